The zero-order chi connectivity index (χ0) is 15.8. The fraction of sp³-hybridized carbons (Fsp3) is 0.750. The molecule has 0 unspecified atom stereocenters. The van der Waals surface area contributed by atoms with Crippen molar-refractivity contribution in [3.05, 3.63) is 0 Å². The van der Waals surface area contributed by atoms with Gasteiger partial charge in [-0.2, -0.15) is 0 Å². The van der Waals surface area contributed by atoms with Crippen LogP contribution < -0.4 is 10.6 Å². The summed E-state index contributed by atoms with van der Waals surface area (Å²) >= 11 is 0. The van der Waals surface area contributed by atoms with Crippen LogP contribution in [0.4, 0.5) is 4.79 Å². The average Bonchev–Trinajstić information content (AvgIpc) is 2.43. The number of carbonyl (C=O) groups excluding carboxylic acids is 1. The Kier molecular flexibility index (Phi) is 6.89. The van der Waals surface area contributed by atoms with Crippen LogP contribution in [0.5, 0.6) is 0 Å². The molecule has 120 valence electrons. The molecule has 1 aliphatic heterocycles. The molecule has 0 aromatic carbocycles. The number of nitrogens with one attached hydrogen (secondary N) is 2. The number of carbonyl (C=O) groups is 3. The van der Waals surface area contributed by atoms with Gasteiger partial charge in [0.1, 0.15) is 6.04 Å². The topological polar surface area (TPSA) is 122 Å². The molecular formula is C12H22N4O5. The molecule has 0 radical (unpaired) electrons. The van der Waals surface area contributed by atoms with E-state index in [2.05, 4.69) is 10.6 Å². The maximum Gasteiger partial charge on any atom is 0.320 e. The molecule has 1 aliphatic rings. The van der Waals surface area contributed by atoms with Crippen LogP contribution in [0, 0.1) is 0 Å². The summed E-state index contributed by atoms with van der Waals surface area (Å²) in [5.74, 6) is -1.83. The largest absolute Gasteiger partial charge is 0.480 e. The lowest BCUT2D eigenvalue weighted by Crippen LogP contribution is -2.53. The van der Waals surface area contributed by atoms with E-state index in [1.54, 1.807) is 16.8 Å². The molecule has 1 atom stereocenters. The van der Waals surface area contributed by atoms with Gasteiger partial charge in [0, 0.05) is 32.7 Å². The Morgan fingerprint density at radius 1 is 1.14 bits per heavy atom. The number of piperazine rings is 1. The van der Waals surface area contributed by atoms with E-state index in [1.165, 1.54) is 0 Å². The van der Waals surface area contributed by atoms with E-state index in [-0.39, 0.29) is 19.1 Å². The van der Waals surface area contributed by atoms with Crippen LogP contribution in [0.25, 0.3) is 0 Å². The van der Waals surface area contributed by atoms with Crippen LogP contribution in [0.15, 0.2) is 0 Å². The standard InChI is InChI=1S/C12H22N4O5/c1-13-9(11(19)20)2-3-14-12(21)16-6-4-15(5-7-16)8-10(17)18/h9,13H,2-8H2,1H3,(H,14,21)(H,17,18)(H,19,20)/t9-/m0/s1. The Morgan fingerprint density at radius 3 is 2.24 bits per heavy atom. The Balaban J connectivity index is 2.25. The number of carboxylic acids is 2. The molecule has 1 fully saturated rings. The highest BCUT2D eigenvalue weighted by Gasteiger charge is 2.22. The lowest BCUT2D eigenvalue weighted by atomic mass is 10.2. The van der Waals surface area contributed by atoms with Gasteiger partial charge in [0.25, 0.3) is 0 Å². The predicted molar refractivity (Wildman–Crippen MR) is 74.1 cm³/mol. The van der Waals surface area contributed by atoms with E-state index in [1.807, 2.05) is 0 Å². The van der Waals surface area contributed by atoms with Crippen LogP contribution in [-0.2, 0) is 9.59 Å². The molecule has 0 aromatic rings. The third-order valence-electron chi connectivity index (χ3n) is 3.37. The normalized spacial score (nSPS) is 17.3. The Hall–Kier alpha value is -1.87. The molecule has 9 nitrogen and oxygen atoms in total. The first-order valence-corrected chi connectivity index (χ1v) is 6.81. The van der Waals surface area contributed by atoms with Crippen molar-refractivity contribution in [1.29, 1.82) is 0 Å². The van der Waals surface area contributed by atoms with Gasteiger partial charge in [-0.25, -0.2) is 4.79 Å². The molecule has 1 saturated heterocycles. The van der Waals surface area contributed by atoms with Crippen molar-refractivity contribution in [3.63, 3.8) is 0 Å². The minimum atomic E-state index is -0.950. The first-order valence-electron chi connectivity index (χ1n) is 6.81. The number of rotatable bonds is 7. The summed E-state index contributed by atoms with van der Waals surface area (Å²) in [6.07, 6.45) is 0.302. The monoisotopic (exact) mass is 302 g/mol. The van der Waals surface area contributed by atoms with E-state index >= 15 is 0 Å². The van der Waals surface area contributed by atoms with E-state index in [0.29, 0.717) is 32.6 Å². The summed E-state index contributed by atoms with van der Waals surface area (Å²) in [4.78, 5) is 36.6. The molecule has 0 aromatic heterocycles. The maximum atomic E-state index is 11.9. The van der Waals surface area contributed by atoms with Gasteiger partial charge in [-0.05, 0) is 13.5 Å². The van der Waals surface area contributed by atoms with Gasteiger partial charge in [-0.15, -0.1) is 0 Å². The highest BCUT2D eigenvalue weighted by Crippen LogP contribution is 2.02. The van der Waals surface area contributed by atoms with Gasteiger partial charge in [0.05, 0.1) is 6.54 Å². The van der Waals surface area contributed by atoms with Gasteiger partial charge in [-0.1, -0.05) is 0 Å². The molecule has 0 spiro atoms. The second-order valence-electron chi connectivity index (χ2n) is 4.86. The quantitative estimate of drug-likeness (QED) is 0.449. The van der Waals surface area contributed by atoms with Crippen molar-refractivity contribution in [2.24, 2.45) is 0 Å². The summed E-state index contributed by atoms with van der Waals surface area (Å²) in [5, 5.41) is 22.9. The van der Waals surface area contributed by atoms with Crippen LogP contribution >= 0.6 is 0 Å². The number of nitrogens with zero attached hydrogens (tertiary/aromatic N) is 2. The number of hydrogen-bond acceptors (Lipinski definition) is 5. The lowest BCUT2D eigenvalue weighted by Gasteiger charge is -2.33. The lowest BCUT2D eigenvalue weighted by molar-refractivity contribution is -0.140. The molecule has 0 aliphatic carbocycles. The van der Waals surface area contributed by atoms with Crippen molar-refractivity contribution in [3.8, 4) is 0 Å². The molecule has 21 heavy (non-hydrogen) atoms. The van der Waals surface area contributed by atoms with Gasteiger partial charge >= 0.3 is 18.0 Å². The van der Waals surface area contributed by atoms with Crippen molar-refractivity contribution in [2.45, 2.75) is 12.5 Å². The smallest absolute Gasteiger partial charge is 0.320 e. The average molecular weight is 302 g/mol. The Labute approximate surface area is 122 Å². The van der Waals surface area contributed by atoms with Crippen molar-refractivity contribution in [1.82, 2.24) is 20.4 Å². The van der Waals surface area contributed by atoms with Gasteiger partial charge in [0.15, 0.2) is 0 Å². The zero-order valence-electron chi connectivity index (χ0n) is 12.0. The first kappa shape index (κ1) is 17.2. The fourth-order valence-corrected chi connectivity index (χ4v) is 2.13. The number of urea groups is 1. The first-order chi connectivity index (χ1) is 9.93. The van der Waals surface area contributed by atoms with Crippen LogP contribution in [0.1, 0.15) is 6.42 Å². The molecule has 2 amide bonds. The molecule has 0 bridgehead atoms. The predicted octanol–water partition coefficient (Wildman–Crippen LogP) is -1.54. The second kappa shape index (κ2) is 8.42. The fourth-order valence-electron chi connectivity index (χ4n) is 2.13. The van der Waals surface area contributed by atoms with Gasteiger partial charge in [-0.3, -0.25) is 14.5 Å². The number of likely N-dealkylation sites (N-methyl/N-ethyl adjacent to an activating group) is 1. The summed E-state index contributed by atoms with van der Waals surface area (Å²) in [6.45, 7) is 2.23. The highest BCUT2D eigenvalue weighted by atomic mass is 16.4. The Bertz CT molecular complexity index is 382. The van der Waals surface area contributed by atoms with Crippen molar-refractivity contribution < 1.29 is 24.6 Å². The molecular weight excluding hydrogens is 280 g/mol. The minimum absolute atomic E-state index is 0.0160. The van der Waals surface area contributed by atoms with E-state index in [4.69, 9.17) is 10.2 Å². The SMILES string of the molecule is CN[C@@H](CCNC(=O)N1CCN(CC(=O)O)CC1)C(=O)O. The minimum Gasteiger partial charge on any atom is -0.480 e. The second-order valence-corrected chi connectivity index (χ2v) is 4.86. The third kappa shape index (κ3) is 5.96. The van der Waals surface area contributed by atoms with Crippen molar-refractivity contribution >= 4 is 18.0 Å². The van der Waals surface area contributed by atoms with E-state index in [9.17, 15) is 14.4 Å². The summed E-state index contributed by atoms with van der Waals surface area (Å²) < 4.78 is 0. The molecule has 9 heteroatoms. The maximum absolute atomic E-state index is 11.9. The Morgan fingerprint density at radius 2 is 1.76 bits per heavy atom. The number of hydrogen-bond donors (Lipinski definition) is 4. The third-order valence-corrected chi connectivity index (χ3v) is 3.37. The summed E-state index contributed by atoms with van der Waals surface area (Å²) in [5.41, 5.74) is 0. The molecule has 4 N–H and O–H groups in total. The van der Waals surface area contributed by atoms with Crippen molar-refractivity contribution in [2.75, 3.05) is 46.3 Å². The summed E-state index contributed by atoms with van der Waals surface area (Å²) in [6, 6.07) is -0.928. The van der Waals surface area contributed by atoms with Crippen LogP contribution in [0.2, 0.25) is 0 Å². The number of amides is 2. The highest BCUT2D eigenvalue weighted by molar-refractivity contribution is 5.75. The van der Waals surface area contributed by atoms with E-state index in [0.717, 1.165) is 0 Å². The zero-order valence-corrected chi connectivity index (χ0v) is 12.0. The number of aliphatic carboxylic acids is 2. The van der Waals surface area contributed by atoms with Gasteiger partial charge in [0.2, 0.25) is 0 Å². The molecule has 0 saturated carbocycles. The van der Waals surface area contributed by atoms with Gasteiger partial charge < -0.3 is 25.7 Å². The molecule has 1 heterocycles. The van der Waals surface area contributed by atoms with Crippen LogP contribution in [-0.4, -0.2) is 90.3 Å². The van der Waals surface area contributed by atoms with E-state index < -0.39 is 18.0 Å². The molecule has 1 rings (SSSR count). The summed E-state index contributed by atoms with van der Waals surface area (Å²) in [7, 11) is 1.56. The van der Waals surface area contributed by atoms with Crippen LogP contribution in [0.3, 0.4) is 0 Å². The number of carboxylic acid groups (broad SMARTS) is 2.